The highest BCUT2D eigenvalue weighted by atomic mass is 32.1. The second-order valence-electron chi connectivity index (χ2n) is 8.13. The number of thiophene rings is 1. The van der Waals surface area contributed by atoms with Gasteiger partial charge in [-0.25, -0.2) is 0 Å². The third-order valence-corrected chi connectivity index (χ3v) is 7.25. The average Bonchev–Trinajstić information content (AvgIpc) is 3.23. The van der Waals surface area contributed by atoms with Gasteiger partial charge in [-0.3, -0.25) is 9.59 Å². The summed E-state index contributed by atoms with van der Waals surface area (Å²) in [7, 11) is 0. The molecule has 1 fully saturated rings. The molecular weight excluding hydrogens is 388 g/mol. The van der Waals surface area contributed by atoms with Crippen LogP contribution in [0.3, 0.4) is 0 Å². The highest BCUT2D eigenvalue weighted by Gasteiger charge is 2.40. The summed E-state index contributed by atoms with van der Waals surface area (Å²) in [5, 5.41) is 30.8. The van der Waals surface area contributed by atoms with Crippen LogP contribution in [-0.4, -0.2) is 33.2 Å². The zero-order valence-corrected chi connectivity index (χ0v) is 17.4. The number of Topliss-reactive ketones (excluding diaryl/α,β-unsaturated/α-hetero) is 1. The van der Waals surface area contributed by atoms with Crippen LogP contribution in [0.4, 0.5) is 0 Å². The molecule has 1 aromatic carbocycles. The summed E-state index contributed by atoms with van der Waals surface area (Å²) in [6, 6.07) is 10.1. The van der Waals surface area contributed by atoms with E-state index in [1.807, 2.05) is 30.3 Å². The third-order valence-electron chi connectivity index (χ3n) is 6.04. The number of fused-ring (bicyclic) bond motifs is 1. The zero-order chi connectivity index (χ0) is 20.8. The minimum absolute atomic E-state index is 0.0921. The highest BCUT2D eigenvalue weighted by molar-refractivity contribution is 7.19. The predicted octanol–water partition coefficient (Wildman–Crippen LogP) is 4.71. The van der Waals surface area contributed by atoms with Crippen molar-refractivity contribution < 1.29 is 24.9 Å². The first-order valence-corrected chi connectivity index (χ1v) is 11.4. The van der Waals surface area contributed by atoms with E-state index in [-0.39, 0.29) is 30.5 Å². The number of unbranched alkanes of at least 4 members (excludes halogenated alkanes) is 3. The molecule has 1 aromatic heterocycles. The number of benzene rings is 1. The Balaban J connectivity index is 1.49. The lowest BCUT2D eigenvalue weighted by Crippen LogP contribution is -2.21. The fourth-order valence-electron chi connectivity index (χ4n) is 4.44. The van der Waals surface area contributed by atoms with Gasteiger partial charge in [0.1, 0.15) is 5.78 Å². The van der Waals surface area contributed by atoms with E-state index in [0.29, 0.717) is 19.3 Å². The molecule has 4 unspecified atom stereocenters. The third kappa shape index (κ3) is 5.87. The Kier molecular flexibility index (Phi) is 7.81. The number of hydrogen-bond donors (Lipinski definition) is 3. The number of ketones is 1. The van der Waals surface area contributed by atoms with Crippen LogP contribution in [0.1, 0.15) is 68.8 Å². The molecule has 2 aromatic rings. The maximum Gasteiger partial charge on any atom is 0.303 e. The first-order valence-electron chi connectivity index (χ1n) is 10.5. The molecule has 1 heterocycles. The van der Waals surface area contributed by atoms with E-state index in [0.717, 1.165) is 40.6 Å². The van der Waals surface area contributed by atoms with Gasteiger partial charge in [0.05, 0.1) is 12.2 Å². The van der Waals surface area contributed by atoms with Crippen molar-refractivity contribution in [3.63, 3.8) is 0 Å². The molecule has 3 rings (SSSR count). The van der Waals surface area contributed by atoms with E-state index in [2.05, 4.69) is 0 Å². The van der Waals surface area contributed by atoms with Crippen molar-refractivity contribution in [1.29, 1.82) is 0 Å². The molecule has 4 atom stereocenters. The zero-order valence-electron chi connectivity index (χ0n) is 16.6. The Morgan fingerprint density at radius 2 is 1.90 bits per heavy atom. The summed E-state index contributed by atoms with van der Waals surface area (Å²) in [4.78, 5) is 23.8. The monoisotopic (exact) mass is 418 g/mol. The lowest BCUT2D eigenvalue weighted by molar-refractivity contribution is -0.137. The molecule has 0 amide bonds. The molecule has 6 heteroatoms. The van der Waals surface area contributed by atoms with E-state index >= 15 is 0 Å². The van der Waals surface area contributed by atoms with Crippen LogP contribution in [0.25, 0.3) is 10.1 Å². The SMILES string of the molecule is O=C(O)CCCCCCC1C(=O)CC(O)C1CCC(O)c1cc2ccccc2s1. The molecule has 29 heavy (non-hydrogen) atoms. The summed E-state index contributed by atoms with van der Waals surface area (Å²) < 4.78 is 1.15. The normalized spacial score (nSPS) is 23.0. The largest absolute Gasteiger partial charge is 0.481 e. The van der Waals surface area contributed by atoms with Crippen molar-refractivity contribution in [1.82, 2.24) is 0 Å². The van der Waals surface area contributed by atoms with Crippen molar-refractivity contribution in [2.24, 2.45) is 11.8 Å². The van der Waals surface area contributed by atoms with Crippen molar-refractivity contribution in [2.75, 3.05) is 0 Å². The van der Waals surface area contributed by atoms with Gasteiger partial charge in [-0.2, -0.15) is 0 Å². The molecule has 1 aliphatic carbocycles. The van der Waals surface area contributed by atoms with Gasteiger partial charge in [-0.1, -0.05) is 37.5 Å². The molecule has 0 bridgehead atoms. The lowest BCUT2D eigenvalue weighted by Gasteiger charge is -2.22. The maximum atomic E-state index is 12.3. The second kappa shape index (κ2) is 10.3. The molecule has 1 aliphatic rings. The maximum absolute atomic E-state index is 12.3. The van der Waals surface area contributed by atoms with E-state index in [1.165, 1.54) is 0 Å². The van der Waals surface area contributed by atoms with Gasteiger partial charge in [0.25, 0.3) is 0 Å². The summed E-state index contributed by atoms with van der Waals surface area (Å²) in [6.45, 7) is 0. The second-order valence-corrected chi connectivity index (χ2v) is 9.25. The van der Waals surface area contributed by atoms with Crippen LogP contribution < -0.4 is 0 Å². The highest BCUT2D eigenvalue weighted by Crippen LogP contribution is 2.39. The summed E-state index contributed by atoms with van der Waals surface area (Å²) >= 11 is 1.59. The minimum atomic E-state index is -0.767. The summed E-state index contributed by atoms with van der Waals surface area (Å²) in [5.41, 5.74) is 0. The molecule has 3 N–H and O–H groups in total. The number of carboxylic acids is 1. The average molecular weight is 419 g/mol. The minimum Gasteiger partial charge on any atom is -0.481 e. The van der Waals surface area contributed by atoms with Crippen molar-refractivity contribution in [3.8, 4) is 0 Å². The fraction of sp³-hybridized carbons (Fsp3) is 0.565. The number of carboxylic acid groups (broad SMARTS) is 1. The Bertz CT molecular complexity index is 797. The molecule has 158 valence electrons. The first kappa shape index (κ1) is 21.9. The standard InChI is InChI=1S/C23H30O5S/c24-18(22-13-15-7-5-6-9-21(15)29-22)12-11-17-16(19(25)14-20(17)26)8-3-1-2-4-10-23(27)28/h5-7,9,13,16-18,20,24,26H,1-4,8,10-12,14H2,(H,27,28). The van der Waals surface area contributed by atoms with Gasteiger partial charge >= 0.3 is 5.97 Å². The van der Waals surface area contributed by atoms with Crippen LogP contribution in [-0.2, 0) is 9.59 Å². The number of aliphatic hydroxyl groups is 2. The van der Waals surface area contributed by atoms with E-state index in [9.17, 15) is 19.8 Å². The van der Waals surface area contributed by atoms with Crippen LogP contribution >= 0.6 is 11.3 Å². The molecule has 0 aliphatic heterocycles. The van der Waals surface area contributed by atoms with Crippen LogP contribution in [0.5, 0.6) is 0 Å². The number of hydrogen-bond acceptors (Lipinski definition) is 5. The lowest BCUT2D eigenvalue weighted by atomic mass is 9.85. The van der Waals surface area contributed by atoms with E-state index in [1.54, 1.807) is 11.3 Å². The topological polar surface area (TPSA) is 94.8 Å². The molecule has 0 spiro atoms. The molecule has 5 nitrogen and oxygen atoms in total. The van der Waals surface area contributed by atoms with Gasteiger partial charge < -0.3 is 15.3 Å². The first-order chi connectivity index (χ1) is 14.0. The smallest absolute Gasteiger partial charge is 0.303 e. The Morgan fingerprint density at radius 1 is 1.14 bits per heavy atom. The van der Waals surface area contributed by atoms with E-state index < -0.39 is 18.2 Å². The van der Waals surface area contributed by atoms with Crippen LogP contribution in [0, 0.1) is 11.8 Å². The van der Waals surface area contributed by atoms with Gasteiger partial charge in [0.15, 0.2) is 0 Å². The van der Waals surface area contributed by atoms with Crippen molar-refractivity contribution >= 4 is 33.2 Å². The Labute approximate surface area is 175 Å². The number of carbonyl (C=O) groups excluding carboxylic acids is 1. The van der Waals surface area contributed by atoms with Gasteiger partial charge in [0.2, 0.25) is 0 Å². The summed E-state index contributed by atoms with van der Waals surface area (Å²) in [6.07, 6.45) is 4.43. The molecule has 0 saturated heterocycles. The quantitative estimate of drug-likeness (QED) is 0.460. The van der Waals surface area contributed by atoms with Crippen molar-refractivity contribution in [2.45, 2.75) is 70.0 Å². The molecular formula is C23H30O5S. The molecule has 0 radical (unpaired) electrons. The van der Waals surface area contributed by atoms with Gasteiger partial charge in [0, 0.05) is 28.3 Å². The number of aliphatic carboxylic acids is 1. The fourth-order valence-corrected chi connectivity index (χ4v) is 5.52. The number of aliphatic hydroxyl groups excluding tert-OH is 2. The Hall–Kier alpha value is -1.76. The predicted molar refractivity (Wildman–Crippen MR) is 114 cm³/mol. The van der Waals surface area contributed by atoms with Gasteiger partial charge in [-0.15, -0.1) is 11.3 Å². The van der Waals surface area contributed by atoms with Crippen molar-refractivity contribution in [3.05, 3.63) is 35.2 Å². The summed E-state index contributed by atoms with van der Waals surface area (Å²) in [5.74, 6) is -0.870. The Morgan fingerprint density at radius 3 is 2.66 bits per heavy atom. The van der Waals surface area contributed by atoms with E-state index in [4.69, 9.17) is 5.11 Å². The van der Waals surface area contributed by atoms with Crippen LogP contribution in [0.15, 0.2) is 30.3 Å². The number of rotatable bonds is 11. The van der Waals surface area contributed by atoms with Gasteiger partial charge in [-0.05, 0) is 49.1 Å². The molecule has 1 saturated carbocycles. The van der Waals surface area contributed by atoms with Crippen LogP contribution in [0.2, 0.25) is 0 Å². The number of carbonyl (C=O) groups is 2.